The molecule has 29 heavy (non-hydrogen) atoms. The molecule has 0 radical (unpaired) electrons. The molecule has 2 aromatic carbocycles. The molecular formula is C22H25NO6. The fourth-order valence-corrected chi connectivity index (χ4v) is 3.97. The van der Waals surface area contributed by atoms with Gasteiger partial charge in [0.25, 0.3) is 0 Å². The van der Waals surface area contributed by atoms with Crippen molar-refractivity contribution in [2.75, 3.05) is 33.8 Å². The van der Waals surface area contributed by atoms with Gasteiger partial charge in [-0.2, -0.15) is 0 Å². The smallest absolute Gasteiger partial charge is 0.311 e. The fraction of sp³-hybridized carbons (Fsp3) is 0.409. The van der Waals surface area contributed by atoms with Crippen LogP contribution in [0.5, 0.6) is 17.2 Å². The Morgan fingerprint density at radius 3 is 2.62 bits per heavy atom. The summed E-state index contributed by atoms with van der Waals surface area (Å²) in [7, 11) is 1.58. The van der Waals surface area contributed by atoms with E-state index in [0.717, 1.165) is 16.9 Å². The third-order valence-corrected chi connectivity index (χ3v) is 5.32. The van der Waals surface area contributed by atoms with Crippen LogP contribution in [0.25, 0.3) is 0 Å². The van der Waals surface area contributed by atoms with Gasteiger partial charge in [-0.05, 0) is 42.3 Å². The van der Waals surface area contributed by atoms with Crippen molar-refractivity contribution in [3.05, 3.63) is 53.6 Å². The molecule has 0 spiro atoms. The Labute approximate surface area is 169 Å². The van der Waals surface area contributed by atoms with Crippen LogP contribution in [-0.4, -0.2) is 39.8 Å². The fourth-order valence-electron chi connectivity index (χ4n) is 3.97. The molecule has 1 fully saturated rings. The van der Waals surface area contributed by atoms with Crippen LogP contribution >= 0.6 is 0 Å². The Hall–Kier alpha value is -2.77. The first-order valence-electron chi connectivity index (χ1n) is 9.72. The van der Waals surface area contributed by atoms with Gasteiger partial charge in [0.05, 0.1) is 12.5 Å². The molecule has 7 heteroatoms. The minimum Gasteiger partial charge on any atom is -0.468 e. The summed E-state index contributed by atoms with van der Waals surface area (Å²) in [6.45, 7) is 3.25. The van der Waals surface area contributed by atoms with Crippen molar-refractivity contribution >= 4 is 5.97 Å². The Morgan fingerprint density at radius 1 is 1.10 bits per heavy atom. The molecule has 0 bridgehead atoms. The van der Waals surface area contributed by atoms with Crippen molar-refractivity contribution in [1.82, 2.24) is 5.32 Å². The maximum absolute atomic E-state index is 12.9. The molecule has 1 saturated heterocycles. The molecule has 0 amide bonds. The van der Waals surface area contributed by atoms with Gasteiger partial charge in [0.1, 0.15) is 5.75 Å². The van der Waals surface area contributed by atoms with E-state index in [1.807, 2.05) is 49.4 Å². The summed E-state index contributed by atoms with van der Waals surface area (Å²) >= 11 is 0. The third-order valence-electron chi connectivity index (χ3n) is 5.32. The first kappa shape index (κ1) is 19.5. The molecule has 3 atom stereocenters. The van der Waals surface area contributed by atoms with Gasteiger partial charge in [0.2, 0.25) is 6.79 Å². The topological polar surface area (TPSA) is 75.3 Å². The van der Waals surface area contributed by atoms with Gasteiger partial charge >= 0.3 is 5.97 Å². The summed E-state index contributed by atoms with van der Waals surface area (Å²) in [6.07, 6.45) is 0. The highest BCUT2D eigenvalue weighted by Crippen LogP contribution is 2.43. The number of methoxy groups -OCH3 is 1. The zero-order chi connectivity index (χ0) is 20.2. The lowest BCUT2D eigenvalue weighted by atomic mass is 9.83. The Balaban J connectivity index is 1.60. The molecule has 2 aliphatic heterocycles. The highest BCUT2D eigenvalue weighted by atomic mass is 16.7. The summed E-state index contributed by atoms with van der Waals surface area (Å²) in [4.78, 5) is 12.9. The highest BCUT2D eigenvalue weighted by Gasteiger charge is 2.43. The van der Waals surface area contributed by atoms with Crippen LogP contribution in [0.15, 0.2) is 42.5 Å². The molecule has 7 nitrogen and oxygen atoms in total. The third kappa shape index (κ3) is 4.02. The molecule has 4 rings (SSSR count). The van der Waals surface area contributed by atoms with Crippen molar-refractivity contribution < 1.29 is 28.5 Å². The van der Waals surface area contributed by atoms with E-state index in [2.05, 4.69) is 5.32 Å². The van der Waals surface area contributed by atoms with Crippen LogP contribution in [0.2, 0.25) is 0 Å². The van der Waals surface area contributed by atoms with Gasteiger partial charge in [-0.3, -0.25) is 4.79 Å². The summed E-state index contributed by atoms with van der Waals surface area (Å²) in [5.41, 5.74) is 2.04. The van der Waals surface area contributed by atoms with Crippen molar-refractivity contribution in [2.24, 2.45) is 5.92 Å². The second-order valence-corrected chi connectivity index (χ2v) is 7.00. The molecule has 1 N–H and O–H groups in total. The summed E-state index contributed by atoms with van der Waals surface area (Å²) in [5.74, 6) is 1.58. The number of fused-ring (bicyclic) bond motifs is 1. The Morgan fingerprint density at radius 2 is 1.86 bits per heavy atom. The minimum atomic E-state index is -0.346. The number of hydrogen-bond donors (Lipinski definition) is 1. The van der Waals surface area contributed by atoms with Gasteiger partial charge in [-0.1, -0.05) is 18.2 Å². The maximum Gasteiger partial charge on any atom is 0.311 e. The Kier molecular flexibility index (Phi) is 5.87. The van der Waals surface area contributed by atoms with E-state index in [0.29, 0.717) is 24.7 Å². The van der Waals surface area contributed by atoms with E-state index in [4.69, 9.17) is 23.7 Å². The largest absolute Gasteiger partial charge is 0.468 e. The number of carbonyl (C=O) groups excluding carboxylic acids is 1. The Bertz CT molecular complexity index is 853. The van der Waals surface area contributed by atoms with Crippen LogP contribution < -0.4 is 19.5 Å². The number of ether oxygens (including phenoxy) is 5. The van der Waals surface area contributed by atoms with Gasteiger partial charge in [0, 0.05) is 25.6 Å². The molecule has 154 valence electrons. The molecule has 3 unspecified atom stereocenters. The molecule has 2 aliphatic rings. The quantitative estimate of drug-likeness (QED) is 0.567. The van der Waals surface area contributed by atoms with Crippen LogP contribution in [-0.2, 0) is 14.3 Å². The number of carbonyl (C=O) groups is 1. The standard InChI is InChI=1S/C22H25NO6/c1-3-26-22(24)20-17(15-6-9-18-19(10-15)29-13-28-18)11-23-21(20)14-4-7-16(8-5-14)27-12-25-2/h4-10,17,20-21,23H,3,11-13H2,1-2H3. The zero-order valence-corrected chi connectivity index (χ0v) is 16.6. The lowest BCUT2D eigenvalue weighted by Gasteiger charge is -2.23. The number of rotatable bonds is 7. The number of hydrogen-bond acceptors (Lipinski definition) is 7. The van der Waals surface area contributed by atoms with Gasteiger partial charge in [-0.25, -0.2) is 0 Å². The van der Waals surface area contributed by atoms with Gasteiger partial charge < -0.3 is 29.0 Å². The van der Waals surface area contributed by atoms with Crippen LogP contribution in [0, 0.1) is 5.92 Å². The predicted octanol–water partition coefficient (Wildman–Crippen LogP) is 3.01. The highest BCUT2D eigenvalue weighted by molar-refractivity contribution is 5.76. The number of esters is 1. The van der Waals surface area contributed by atoms with Crippen LogP contribution in [0.1, 0.15) is 30.0 Å². The SMILES string of the molecule is CCOC(=O)C1C(c2ccc3c(c2)OCO3)CNC1c1ccc(OCOC)cc1. The van der Waals surface area contributed by atoms with E-state index < -0.39 is 0 Å². The number of nitrogens with one attached hydrogen (secondary N) is 1. The lowest BCUT2D eigenvalue weighted by Crippen LogP contribution is -2.27. The average molecular weight is 399 g/mol. The first-order chi connectivity index (χ1) is 14.2. The predicted molar refractivity (Wildman–Crippen MR) is 105 cm³/mol. The second-order valence-electron chi connectivity index (χ2n) is 7.00. The molecule has 0 aromatic heterocycles. The van der Waals surface area contributed by atoms with E-state index in [1.54, 1.807) is 7.11 Å². The van der Waals surface area contributed by atoms with E-state index in [9.17, 15) is 4.79 Å². The molecule has 0 aliphatic carbocycles. The average Bonchev–Trinajstić information content (AvgIpc) is 3.39. The summed E-state index contributed by atoms with van der Waals surface area (Å²) < 4.78 is 26.7. The molecule has 2 heterocycles. The zero-order valence-electron chi connectivity index (χ0n) is 16.6. The van der Waals surface area contributed by atoms with Crippen molar-refractivity contribution in [1.29, 1.82) is 0 Å². The first-order valence-corrected chi connectivity index (χ1v) is 9.72. The molecule has 0 saturated carbocycles. The molecular weight excluding hydrogens is 374 g/mol. The van der Waals surface area contributed by atoms with Crippen molar-refractivity contribution in [2.45, 2.75) is 18.9 Å². The lowest BCUT2D eigenvalue weighted by molar-refractivity contribution is -0.148. The number of benzene rings is 2. The molecule has 2 aromatic rings. The minimum absolute atomic E-state index is 0.0297. The maximum atomic E-state index is 12.9. The van der Waals surface area contributed by atoms with Crippen LogP contribution in [0.4, 0.5) is 0 Å². The normalized spacial score (nSPS) is 22.5. The van der Waals surface area contributed by atoms with Gasteiger partial charge in [0.15, 0.2) is 18.3 Å². The van der Waals surface area contributed by atoms with Crippen molar-refractivity contribution in [3.63, 3.8) is 0 Å². The summed E-state index contributed by atoms with van der Waals surface area (Å²) in [5, 5.41) is 3.50. The monoisotopic (exact) mass is 399 g/mol. The summed E-state index contributed by atoms with van der Waals surface area (Å²) in [6, 6.07) is 13.4. The van der Waals surface area contributed by atoms with Gasteiger partial charge in [-0.15, -0.1) is 0 Å². The van der Waals surface area contributed by atoms with E-state index in [-0.39, 0.29) is 37.4 Å². The van der Waals surface area contributed by atoms with Crippen molar-refractivity contribution in [3.8, 4) is 17.2 Å². The van der Waals surface area contributed by atoms with E-state index in [1.165, 1.54) is 0 Å². The van der Waals surface area contributed by atoms with Crippen LogP contribution in [0.3, 0.4) is 0 Å². The van der Waals surface area contributed by atoms with E-state index >= 15 is 0 Å². The second kappa shape index (κ2) is 8.71.